The maximum Gasteiger partial charge on any atom is 0.0714 e. The molecule has 1 aromatic heterocycles. The predicted molar refractivity (Wildman–Crippen MR) is 242 cm³/mol. The Bertz CT molecular complexity index is 2980. The number of para-hydroxylation sites is 1. The third-order valence-corrected chi connectivity index (χ3v) is 12.9. The van der Waals surface area contributed by atoms with Crippen LogP contribution >= 0.6 is 11.3 Å². The van der Waals surface area contributed by atoms with Crippen LogP contribution in [0.5, 0.6) is 0 Å². The third kappa shape index (κ3) is 5.37. The molecule has 57 heavy (non-hydrogen) atoms. The highest BCUT2D eigenvalue weighted by atomic mass is 32.1. The maximum atomic E-state index is 2.41. The van der Waals surface area contributed by atoms with E-state index in [0.717, 1.165) is 17.1 Å². The zero-order valence-electron chi connectivity index (χ0n) is 31.2. The molecular formula is C55H37NS. The first kappa shape index (κ1) is 33.3. The lowest BCUT2D eigenvalue weighted by molar-refractivity contribution is 0.769. The lowest BCUT2D eigenvalue weighted by Gasteiger charge is -2.34. The zero-order chi connectivity index (χ0) is 37.8. The zero-order valence-corrected chi connectivity index (χ0v) is 32.0. The van der Waals surface area contributed by atoms with E-state index in [0.29, 0.717) is 0 Å². The van der Waals surface area contributed by atoms with Gasteiger partial charge >= 0.3 is 0 Å². The molecule has 0 spiro atoms. The second kappa shape index (κ2) is 13.6. The van der Waals surface area contributed by atoms with E-state index < -0.39 is 5.41 Å². The van der Waals surface area contributed by atoms with Gasteiger partial charge in [-0.05, 0) is 98.6 Å². The van der Waals surface area contributed by atoms with Crippen molar-refractivity contribution in [3.63, 3.8) is 0 Å². The molecule has 0 bridgehead atoms. The molecule has 2 heteroatoms. The fourth-order valence-electron chi connectivity index (χ4n) is 9.24. The summed E-state index contributed by atoms with van der Waals surface area (Å²) in [7, 11) is 0. The molecule has 268 valence electrons. The van der Waals surface area contributed by atoms with E-state index in [2.05, 4.69) is 229 Å². The molecule has 0 saturated heterocycles. The number of hydrogen-bond acceptors (Lipinski definition) is 2. The van der Waals surface area contributed by atoms with Crippen molar-refractivity contribution in [2.45, 2.75) is 5.41 Å². The van der Waals surface area contributed by atoms with Gasteiger partial charge in [-0.1, -0.05) is 176 Å². The molecule has 11 rings (SSSR count). The Morgan fingerprint density at radius 3 is 1.58 bits per heavy atom. The standard InChI is InChI=1S/C55H37NS/c1-5-17-38(18-6-1)40-35-41(39-19-7-2-8-20-39)37-46(36-40)56(44-23-11-4-12-24-44)45-31-29-43(30-32-45)55(42-21-9-3-10-22-42)50-27-15-13-26-49(50)53-51(55)34-33-48-47-25-14-16-28-52(47)57-54(48)53/h1-37H. The number of nitrogens with zero attached hydrogens (tertiary/aromatic N) is 1. The summed E-state index contributed by atoms with van der Waals surface area (Å²) in [6.07, 6.45) is 0. The largest absolute Gasteiger partial charge is 0.310 e. The molecule has 1 aliphatic rings. The molecule has 10 aromatic rings. The number of anilines is 3. The number of fused-ring (bicyclic) bond motifs is 7. The van der Waals surface area contributed by atoms with E-state index in [1.807, 2.05) is 11.3 Å². The van der Waals surface area contributed by atoms with Gasteiger partial charge in [-0.2, -0.15) is 0 Å². The summed E-state index contributed by atoms with van der Waals surface area (Å²) in [5, 5.41) is 2.65. The van der Waals surface area contributed by atoms with Crippen LogP contribution in [0.15, 0.2) is 224 Å². The summed E-state index contributed by atoms with van der Waals surface area (Å²) in [5.41, 5.74) is 15.4. The first-order chi connectivity index (χ1) is 28.3. The molecule has 0 aliphatic heterocycles. The van der Waals surface area contributed by atoms with E-state index in [1.54, 1.807) is 0 Å². The van der Waals surface area contributed by atoms with Crippen molar-refractivity contribution in [2.75, 3.05) is 4.90 Å². The van der Waals surface area contributed by atoms with Gasteiger partial charge in [-0.25, -0.2) is 0 Å². The van der Waals surface area contributed by atoms with E-state index in [4.69, 9.17) is 0 Å². The lowest BCUT2D eigenvalue weighted by Crippen LogP contribution is -2.28. The van der Waals surface area contributed by atoms with Crippen molar-refractivity contribution in [1.29, 1.82) is 0 Å². The molecule has 9 aromatic carbocycles. The van der Waals surface area contributed by atoms with Crippen LogP contribution < -0.4 is 4.90 Å². The van der Waals surface area contributed by atoms with Crippen LogP contribution in [0, 0.1) is 0 Å². The van der Waals surface area contributed by atoms with Crippen LogP contribution in [0.2, 0.25) is 0 Å². The van der Waals surface area contributed by atoms with E-state index >= 15 is 0 Å². The Hall–Kier alpha value is -7.00. The average molecular weight is 744 g/mol. The molecule has 1 unspecified atom stereocenters. The van der Waals surface area contributed by atoms with E-state index in [9.17, 15) is 0 Å². The summed E-state index contributed by atoms with van der Waals surface area (Å²) in [6.45, 7) is 0. The Kier molecular flexibility index (Phi) is 7.98. The monoisotopic (exact) mass is 743 g/mol. The van der Waals surface area contributed by atoms with Gasteiger partial charge in [0.25, 0.3) is 0 Å². The molecule has 0 fully saturated rings. The molecule has 1 aliphatic carbocycles. The normalized spacial score (nSPS) is 14.4. The third-order valence-electron chi connectivity index (χ3n) is 11.7. The lowest BCUT2D eigenvalue weighted by atomic mass is 9.67. The van der Waals surface area contributed by atoms with Crippen LogP contribution in [0.4, 0.5) is 17.1 Å². The van der Waals surface area contributed by atoms with Crippen LogP contribution in [-0.4, -0.2) is 0 Å². The fraction of sp³-hybridized carbons (Fsp3) is 0.0182. The van der Waals surface area contributed by atoms with Crippen molar-refractivity contribution < 1.29 is 0 Å². The minimum absolute atomic E-state index is 0.499. The van der Waals surface area contributed by atoms with Crippen molar-refractivity contribution in [3.05, 3.63) is 247 Å². The number of rotatable bonds is 7. The quantitative estimate of drug-likeness (QED) is 0.157. The molecule has 0 radical (unpaired) electrons. The second-order valence-corrected chi connectivity index (χ2v) is 15.9. The number of hydrogen-bond donors (Lipinski definition) is 0. The summed E-state index contributed by atoms with van der Waals surface area (Å²) >= 11 is 1.92. The molecule has 1 heterocycles. The fourth-order valence-corrected chi connectivity index (χ4v) is 10.5. The highest BCUT2D eigenvalue weighted by Crippen LogP contribution is 2.59. The minimum atomic E-state index is -0.499. The van der Waals surface area contributed by atoms with Gasteiger partial charge in [0.2, 0.25) is 0 Å². The van der Waals surface area contributed by atoms with Crippen LogP contribution in [0.25, 0.3) is 53.6 Å². The van der Waals surface area contributed by atoms with Crippen molar-refractivity contribution in [3.8, 4) is 33.4 Å². The Morgan fingerprint density at radius 2 is 0.895 bits per heavy atom. The summed E-state index contributed by atoms with van der Waals surface area (Å²) in [6, 6.07) is 82.4. The molecule has 1 nitrogen and oxygen atoms in total. The average Bonchev–Trinajstić information content (AvgIpc) is 3.82. The number of thiophene rings is 1. The highest BCUT2D eigenvalue weighted by molar-refractivity contribution is 7.26. The van der Waals surface area contributed by atoms with Gasteiger partial charge in [0.05, 0.1) is 5.41 Å². The summed E-state index contributed by atoms with van der Waals surface area (Å²) in [5.74, 6) is 0. The molecule has 0 amide bonds. The van der Waals surface area contributed by atoms with Gasteiger partial charge in [0.1, 0.15) is 0 Å². The van der Waals surface area contributed by atoms with Gasteiger partial charge < -0.3 is 4.90 Å². The maximum absolute atomic E-state index is 2.41. The van der Waals surface area contributed by atoms with Crippen molar-refractivity contribution in [2.24, 2.45) is 0 Å². The predicted octanol–water partition coefficient (Wildman–Crippen LogP) is 15.2. The highest BCUT2D eigenvalue weighted by Gasteiger charge is 2.47. The Morgan fingerprint density at radius 1 is 0.351 bits per heavy atom. The molecule has 0 saturated carbocycles. The Balaban J connectivity index is 1.13. The minimum Gasteiger partial charge on any atom is -0.310 e. The van der Waals surface area contributed by atoms with E-state index in [-0.39, 0.29) is 0 Å². The topological polar surface area (TPSA) is 3.24 Å². The smallest absolute Gasteiger partial charge is 0.0714 e. The summed E-state index contributed by atoms with van der Waals surface area (Å²) in [4.78, 5) is 2.40. The van der Waals surface area contributed by atoms with Crippen LogP contribution in [0.3, 0.4) is 0 Å². The van der Waals surface area contributed by atoms with Gasteiger partial charge in [-0.15, -0.1) is 11.3 Å². The second-order valence-electron chi connectivity index (χ2n) is 14.8. The van der Waals surface area contributed by atoms with Crippen molar-refractivity contribution in [1.82, 2.24) is 0 Å². The SMILES string of the molecule is c1ccc(-c2cc(-c3ccccc3)cc(N(c3ccccc3)c3ccc(C4(c5ccccc5)c5ccccc5-c5c4ccc4c5sc5ccccc54)cc3)c2)cc1. The first-order valence-corrected chi connectivity index (χ1v) is 20.4. The van der Waals surface area contributed by atoms with Gasteiger partial charge in [0.15, 0.2) is 0 Å². The van der Waals surface area contributed by atoms with Gasteiger partial charge in [-0.3, -0.25) is 0 Å². The van der Waals surface area contributed by atoms with Gasteiger partial charge in [0, 0.05) is 42.8 Å². The van der Waals surface area contributed by atoms with Crippen LogP contribution in [0.1, 0.15) is 22.3 Å². The van der Waals surface area contributed by atoms with Crippen molar-refractivity contribution >= 4 is 48.6 Å². The molecule has 0 N–H and O–H groups in total. The first-order valence-electron chi connectivity index (χ1n) is 19.6. The number of benzene rings is 9. The molecule has 1 atom stereocenters. The summed E-state index contributed by atoms with van der Waals surface area (Å²) < 4.78 is 2.69. The Labute approximate surface area is 337 Å². The van der Waals surface area contributed by atoms with Crippen LogP contribution in [-0.2, 0) is 5.41 Å². The molecular weight excluding hydrogens is 707 g/mol. The van der Waals surface area contributed by atoms with E-state index in [1.165, 1.54) is 75.8 Å².